The van der Waals surface area contributed by atoms with E-state index in [2.05, 4.69) is 20.4 Å². The largest absolute Gasteiger partial charge is 0.378 e. The molecule has 6 aliphatic rings. The number of nitrogens with zero attached hydrogens (tertiary/aromatic N) is 6. The number of hydrogen-bond donors (Lipinski definition) is 2. The van der Waals surface area contributed by atoms with Crippen LogP contribution in [-0.2, 0) is 9.47 Å². The predicted octanol–water partition coefficient (Wildman–Crippen LogP) is 6.50. The Hall–Kier alpha value is -2.60. The fraction of sp³-hybridized carbons (Fsp3) is 0.900. The van der Waals surface area contributed by atoms with Gasteiger partial charge in [-0.25, -0.2) is 19.6 Å². The van der Waals surface area contributed by atoms with Crippen molar-refractivity contribution in [1.82, 2.24) is 30.2 Å². The summed E-state index contributed by atoms with van der Waals surface area (Å²) in [5.74, 6) is 1.75. The van der Waals surface area contributed by atoms with E-state index in [0.29, 0.717) is 51.6 Å². The van der Waals surface area contributed by atoms with Crippen molar-refractivity contribution >= 4 is 24.0 Å². The van der Waals surface area contributed by atoms with Gasteiger partial charge in [-0.05, 0) is 64.2 Å². The number of aliphatic imine (C=N–C) groups is 2. The van der Waals surface area contributed by atoms with Gasteiger partial charge >= 0.3 is 12.1 Å². The van der Waals surface area contributed by atoms with E-state index in [1.165, 1.54) is 51.4 Å². The summed E-state index contributed by atoms with van der Waals surface area (Å²) in [5.41, 5.74) is 0. The normalized spacial score (nSPS) is 24.1. The van der Waals surface area contributed by atoms with Crippen molar-refractivity contribution in [3.8, 4) is 0 Å². The van der Waals surface area contributed by atoms with Gasteiger partial charge in [-0.15, -0.1) is 0 Å². The minimum absolute atomic E-state index is 0.0189. The van der Waals surface area contributed by atoms with Crippen molar-refractivity contribution in [2.45, 2.75) is 165 Å². The summed E-state index contributed by atoms with van der Waals surface area (Å²) in [7, 11) is 0. The molecule has 4 aliphatic carbocycles. The minimum Gasteiger partial charge on any atom is -0.378 e. The summed E-state index contributed by atoms with van der Waals surface area (Å²) in [6.07, 6.45) is 24.7. The minimum atomic E-state index is -0.0189. The predicted molar refractivity (Wildman–Crippen MR) is 207 cm³/mol. The quantitative estimate of drug-likeness (QED) is 0.160. The van der Waals surface area contributed by atoms with E-state index in [9.17, 15) is 9.59 Å². The van der Waals surface area contributed by atoms with Crippen molar-refractivity contribution < 1.29 is 19.1 Å². The number of urea groups is 2. The molecular formula is C40H70N8O4. The Balaban J connectivity index is 1.07. The molecule has 6 rings (SSSR count). The molecule has 2 aliphatic heterocycles. The molecule has 52 heavy (non-hydrogen) atoms. The summed E-state index contributed by atoms with van der Waals surface area (Å²) in [6.45, 7) is 6.95. The van der Waals surface area contributed by atoms with Gasteiger partial charge < -0.3 is 29.9 Å². The van der Waals surface area contributed by atoms with E-state index in [-0.39, 0.29) is 24.1 Å². The summed E-state index contributed by atoms with van der Waals surface area (Å²) >= 11 is 0. The van der Waals surface area contributed by atoms with Gasteiger partial charge in [0.2, 0.25) is 11.9 Å². The first-order valence-corrected chi connectivity index (χ1v) is 21.6. The standard InChI is InChI=1S/C40H70N8O4/c49-39(47(35-19-9-3-10-20-35)37(45-25-29-51-30-26-45)43-33-15-5-1-6-16-33)41-23-13-14-24-42-40(50)48(36-21-11-4-12-22-36)38(46-27-31-52-32-28-46)44-34-17-7-2-8-18-34/h33-36H,1-32H2,(H,41,49)(H,42,50). The number of unbranched alkanes of at least 4 members (excludes halogenated alkanes) is 1. The van der Waals surface area contributed by atoms with Gasteiger partial charge in [0.25, 0.3) is 0 Å². The first-order valence-electron chi connectivity index (χ1n) is 21.6. The zero-order chi connectivity index (χ0) is 35.8. The molecule has 0 aromatic heterocycles. The average molecular weight is 727 g/mol. The topological polar surface area (TPSA) is 114 Å². The Morgan fingerprint density at radius 3 is 1.17 bits per heavy atom. The lowest BCUT2D eigenvalue weighted by Gasteiger charge is -2.41. The highest BCUT2D eigenvalue weighted by Crippen LogP contribution is 2.28. The van der Waals surface area contributed by atoms with Gasteiger partial charge in [0.05, 0.1) is 38.5 Å². The number of amides is 4. The smallest absolute Gasteiger partial charge is 0.324 e. The van der Waals surface area contributed by atoms with E-state index < -0.39 is 0 Å². The Morgan fingerprint density at radius 2 is 0.827 bits per heavy atom. The Labute approximate surface area is 313 Å². The number of carbonyl (C=O) groups is 2. The number of morpholine rings is 2. The van der Waals surface area contributed by atoms with Gasteiger partial charge in [0, 0.05) is 51.4 Å². The van der Waals surface area contributed by atoms with Gasteiger partial charge in [-0.3, -0.25) is 9.80 Å². The van der Waals surface area contributed by atoms with Crippen LogP contribution in [0.1, 0.15) is 141 Å². The Morgan fingerprint density at radius 1 is 0.500 bits per heavy atom. The maximum atomic E-state index is 14.1. The summed E-state index contributed by atoms with van der Waals surface area (Å²) in [4.78, 5) is 47.7. The zero-order valence-electron chi connectivity index (χ0n) is 32.3. The molecule has 294 valence electrons. The van der Waals surface area contributed by atoms with Crippen molar-refractivity contribution in [2.24, 2.45) is 9.98 Å². The van der Waals surface area contributed by atoms with Crippen molar-refractivity contribution in [2.75, 3.05) is 65.7 Å². The third-order valence-corrected chi connectivity index (χ3v) is 12.2. The Bertz CT molecular complexity index is 1040. The van der Waals surface area contributed by atoms with Crippen LogP contribution in [0.4, 0.5) is 9.59 Å². The molecule has 4 saturated carbocycles. The van der Waals surface area contributed by atoms with Crippen LogP contribution in [0.2, 0.25) is 0 Å². The maximum Gasteiger partial charge on any atom is 0.324 e. The van der Waals surface area contributed by atoms with Crippen LogP contribution in [0.3, 0.4) is 0 Å². The van der Waals surface area contributed by atoms with E-state index in [4.69, 9.17) is 19.5 Å². The fourth-order valence-electron chi connectivity index (χ4n) is 9.20. The summed E-state index contributed by atoms with van der Waals surface area (Å²) in [5, 5.41) is 6.59. The molecular weight excluding hydrogens is 656 g/mol. The number of ether oxygens (including phenoxy) is 2. The molecule has 2 saturated heterocycles. The van der Waals surface area contributed by atoms with Crippen LogP contribution in [0, 0.1) is 0 Å². The maximum absolute atomic E-state index is 14.1. The van der Waals surface area contributed by atoms with E-state index in [1.54, 1.807) is 0 Å². The number of rotatable bonds is 9. The van der Waals surface area contributed by atoms with Gasteiger partial charge in [-0.1, -0.05) is 77.0 Å². The monoisotopic (exact) mass is 727 g/mol. The second-order valence-electron chi connectivity index (χ2n) is 16.1. The number of hydrogen-bond acceptors (Lipinski definition) is 6. The highest BCUT2D eigenvalue weighted by Gasteiger charge is 2.35. The van der Waals surface area contributed by atoms with Crippen LogP contribution < -0.4 is 10.6 Å². The Kier molecular flexibility index (Phi) is 16.0. The van der Waals surface area contributed by atoms with Crippen LogP contribution in [-0.4, -0.2) is 133 Å². The van der Waals surface area contributed by atoms with Crippen LogP contribution in [0.5, 0.6) is 0 Å². The molecule has 4 amide bonds. The molecule has 12 heteroatoms. The molecule has 0 aromatic rings. The SMILES string of the molecule is O=C(NCCCCNC(=O)N(C(=NC1CCCCC1)N1CCOCC1)C1CCCCC1)N(C(=NC1CCCCC1)N1CCOCC1)C1CCCCC1. The van der Waals surface area contributed by atoms with Crippen molar-refractivity contribution in [3.63, 3.8) is 0 Å². The van der Waals surface area contributed by atoms with E-state index >= 15 is 0 Å². The molecule has 0 radical (unpaired) electrons. The van der Waals surface area contributed by atoms with Crippen LogP contribution in [0.25, 0.3) is 0 Å². The van der Waals surface area contributed by atoms with Gasteiger partial charge in [0.15, 0.2) is 0 Å². The molecule has 6 fully saturated rings. The van der Waals surface area contributed by atoms with E-state index in [0.717, 1.165) is 128 Å². The van der Waals surface area contributed by atoms with Gasteiger partial charge in [0.1, 0.15) is 0 Å². The first-order chi connectivity index (χ1) is 25.7. The van der Waals surface area contributed by atoms with Gasteiger partial charge in [-0.2, -0.15) is 0 Å². The lowest BCUT2D eigenvalue weighted by molar-refractivity contribution is 0.0605. The summed E-state index contributed by atoms with van der Waals surface area (Å²) in [6, 6.07) is 0.904. The molecule has 0 spiro atoms. The second kappa shape index (κ2) is 21.3. The molecule has 0 atom stereocenters. The number of carbonyl (C=O) groups excluding carboxylic acids is 2. The summed E-state index contributed by atoms with van der Waals surface area (Å²) < 4.78 is 11.4. The van der Waals surface area contributed by atoms with Crippen molar-refractivity contribution in [3.05, 3.63) is 0 Å². The molecule has 2 heterocycles. The van der Waals surface area contributed by atoms with E-state index in [1.807, 2.05) is 9.80 Å². The first kappa shape index (κ1) is 39.1. The molecule has 0 aromatic carbocycles. The van der Waals surface area contributed by atoms with Crippen molar-refractivity contribution in [1.29, 1.82) is 0 Å². The fourth-order valence-corrected chi connectivity index (χ4v) is 9.20. The number of guanidine groups is 2. The second-order valence-corrected chi connectivity index (χ2v) is 16.1. The lowest BCUT2D eigenvalue weighted by Crippen LogP contribution is -2.58. The third kappa shape index (κ3) is 11.5. The third-order valence-electron chi connectivity index (χ3n) is 12.2. The molecule has 12 nitrogen and oxygen atoms in total. The highest BCUT2D eigenvalue weighted by molar-refractivity contribution is 5.97. The van der Waals surface area contributed by atoms with Crippen LogP contribution in [0.15, 0.2) is 9.98 Å². The average Bonchev–Trinajstić information content (AvgIpc) is 3.21. The zero-order valence-corrected chi connectivity index (χ0v) is 32.3. The highest BCUT2D eigenvalue weighted by atomic mass is 16.5. The molecule has 0 unspecified atom stereocenters. The molecule has 0 bridgehead atoms. The molecule has 2 N–H and O–H groups in total. The van der Waals surface area contributed by atoms with Crippen LogP contribution >= 0.6 is 0 Å². The number of nitrogens with one attached hydrogen (secondary N) is 2. The lowest BCUT2D eigenvalue weighted by atomic mass is 9.94.